The lowest BCUT2D eigenvalue weighted by atomic mass is 10.2. The van der Waals surface area contributed by atoms with Crippen LogP contribution in [0.4, 0.5) is 0 Å². The second-order valence-corrected chi connectivity index (χ2v) is 7.06. The largest absolute Gasteiger partial charge is 0.497 e. The van der Waals surface area contributed by atoms with Crippen molar-refractivity contribution in [3.8, 4) is 22.9 Å². The van der Waals surface area contributed by atoms with Crippen molar-refractivity contribution in [2.75, 3.05) is 14.2 Å². The van der Waals surface area contributed by atoms with Crippen molar-refractivity contribution in [1.29, 1.82) is 0 Å². The number of hydrogen-bond acceptors (Lipinski definition) is 5. The first kappa shape index (κ1) is 19.3. The summed E-state index contributed by atoms with van der Waals surface area (Å²) in [5, 5.41) is 10.2. The maximum atomic E-state index is 6.12. The molecule has 3 aromatic rings. The van der Waals surface area contributed by atoms with Gasteiger partial charge in [-0.05, 0) is 42.5 Å². The minimum absolute atomic E-state index is 0.614. The number of methoxy groups -OCH3 is 2. The first-order chi connectivity index (χ1) is 13.2. The van der Waals surface area contributed by atoms with Gasteiger partial charge in [-0.15, -0.1) is 16.8 Å². The number of thioether (sulfide) groups is 1. The molecule has 0 fully saturated rings. The monoisotopic (exact) mass is 401 g/mol. The molecular weight excluding hydrogens is 382 g/mol. The zero-order valence-electron chi connectivity index (χ0n) is 15.2. The van der Waals surface area contributed by atoms with E-state index in [0.717, 1.165) is 33.6 Å². The van der Waals surface area contributed by atoms with E-state index in [2.05, 4.69) is 16.8 Å². The maximum absolute atomic E-state index is 6.12. The molecule has 0 amide bonds. The molecule has 0 bridgehead atoms. The third-order valence-corrected chi connectivity index (χ3v) is 5.23. The summed E-state index contributed by atoms with van der Waals surface area (Å²) in [5.41, 5.74) is 1.98. The number of rotatable bonds is 8. The van der Waals surface area contributed by atoms with Gasteiger partial charge >= 0.3 is 0 Å². The van der Waals surface area contributed by atoms with Gasteiger partial charge in [-0.3, -0.25) is 4.57 Å². The summed E-state index contributed by atoms with van der Waals surface area (Å²) < 4.78 is 12.7. The van der Waals surface area contributed by atoms with E-state index in [9.17, 15) is 0 Å². The highest BCUT2D eigenvalue weighted by atomic mass is 35.5. The Hall–Kier alpha value is -2.44. The molecule has 0 aliphatic rings. The van der Waals surface area contributed by atoms with Crippen molar-refractivity contribution >= 4 is 23.4 Å². The Morgan fingerprint density at radius 3 is 2.56 bits per heavy atom. The van der Waals surface area contributed by atoms with Gasteiger partial charge < -0.3 is 9.47 Å². The Labute approximate surface area is 168 Å². The molecule has 3 rings (SSSR count). The van der Waals surface area contributed by atoms with E-state index < -0.39 is 0 Å². The first-order valence-corrected chi connectivity index (χ1v) is 9.66. The average Bonchev–Trinajstić information content (AvgIpc) is 3.09. The quantitative estimate of drug-likeness (QED) is 0.388. The summed E-state index contributed by atoms with van der Waals surface area (Å²) in [6.07, 6.45) is 1.83. The van der Waals surface area contributed by atoms with Gasteiger partial charge in [0.1, 0.15) is 11.5 Å². The number of hydrogen-bond donors (Lipinski definition) is 0. The normalized spacial score (nSPS) is 10.6. The summed E-state index contributed by atoms with van der Waals surface area (Å²) in [5.74, 6) is 3.06. The Kier molecular flexibility index (Phi) is 6.42. The molecule has 0 N–H and O–H groups in total. The standard InChI is InChI=1S/C20H20ClN3O2S/c1-4-11-24-19(14-5-8-17(25-2)9-6-14)22-23-20(24)27-13-15-12-16(21)7-10-18(15)26-3/h4-10,12H,1,11,13H2,2-3H3. The summed E-state index contributed by atoms with van der Waals surface area (Å²) in [4.78, 5) is 0. The number of halogens is 1. The van der Waals surface area contributed by atoms with Crippen LogP contribution < -0.4 is 9.47 Å². The summed E-state index contributed by atoms with van der Waals surface area (Å²) in [6.45, 7) is 4.47. The lowest BCUT2D eigenvalue weighted by Crippen LogP contribution is -2.01. The fourth-order valence-electron chi connectivity index (χ4n) is 2.65. The topological polar surface area (TPSA) is 49.2 Å². The fraction of sp³-hybridized carbons (Fsp3) is 0.200. The van der Waals surface area contributed by atoms with E-state index >= 15 is 0 Å². The zero-order valence-corrected chi connectivity index (χ0v) is 16.8. The third-order valence-electron chi connectivity index (χ3n) is 3.98. The second kappa shape index (κ2) is 8.97. The third kappa shape index (κ3) is 4.46. The number of aromatic nitrogens is 3. The van der Waals surface area contributed by atoms with Crippen LogP contribution in [0.2, 0.25) is 5.02 Å². The van der Waals surface area contributed by atoms with Gasteiger partial charge in [0.25, 0.3) is 0 Å². The van der Waals surface area contributed by atoms with Gasteiger partial charge in [0.15, 0.2) is 11.0 Å². The molecule has 1 aromatic heterocycles. The van der Waals surface area contributed by atoms with E-state index in [1.165, 1.54) is 0 Å². The Morgan fingerprint density at radius 1 is 1.11 bits per heavy atom. The van der Waals surface area contributed by atoms with Crippen LogP contribution in [-0.4, -0.2) is 29.0 Å². The van der Waals surface area contributed by atoms with Crippen molar-refractivity contribution in [1.82, 2.24) is 14.8 Å². The first-order valence-electron chi connectivity index (χ1n) is 8.30. The van der Waals surface area contributed by atoms with Crippen LogP contribution in [-0.2, 0) is 12.3 Å². The number of benzene rings is 2. The number of nitrogens with zero attached hydrogens (tertiary/aromatic N) is 3. The van der Waals surface area contributed by atoms with Crippen molar-refractivity contribution in [3.63, 3.8) is 0 Å². The lowest BCUT2D eigenvalue weighted by Gasteiger charge is -2.10. The maximum Gasteiger partial charge on any atom is 0.192 e. The highest BCUT2D eigenvalue weighted by Gasteiger charge is 2.15. The molecule has 1 heterocycles. The van der Waals surface area contributed by atoms with Gasteiger partial charge in [0.2, 0.25) is 0 Å². The van der Waals surface area contributed by atoms with Crippen LogP contribution in [0.3, 0.4) is 0 Å². The van der Waals surface area contributed by atoms with E-state index in [0.29, 0.717) is 17.3 Å². The molecule has 0 aliphatic carbocycles. The van der Waals surface area contributed by atoms with Crippen LogP contribution in [0.5, 0.6) is 11.5 Å². The van der Waals surface area contributed by atoms with Crippen LogP contribution in [0, 0.1) is 0 Å². The molecule has 2 aromatic carbocycles. The smallest absolute Gasteiger partial charge is 0.192 e. The Bertz CT molecular complexity index is 925. The van der Waals surface area contributed by atoms with Crippen molar-refractivity contribution < 1.29 is 9.47 Å². The Morgan fingerprint density at radius 2 is 1.89 bits per heavy atom. The molecule has 0 aliphatic heterocycles. The Balaban J connectivity index is 1.87. The van der Waals surface area contributed by atoms with Gasteiger partial charge in [-0.2, -0.15) is 0 Å². The van der Waals surface area contributed by atoms with Crippen LogP contribution in [0.15, 0.2) is 60.3 Å². The predicted molar refractivity (Wildman–Crippen MR) is 110 cm³/mol. The molecule has 0 unspecified atom stereocenters. The molecule has 5 nitrogen and oxygen atoms in total. The molecule has 0 radical (unpaired) electrons. The molecule has 0 saturated heterocycles. The van der Waals surface area contributed by atoms with Crippen LogP contribution in [0.1, 0.15) is 5.56 Å². The second-order valence-electron chi connectivity index (χ2n) is 5.68. The van der Waals surface area contributed by atoms with E-state index in [1.54, 1.807) is 26.0 Å². The minimum atomic E-state index is 0.614. The summed E-state index contributed by atoms with van der Waals surface area (Å²) in [6, 6.07) is 13.4. The van der Waals surface area contributed by atoms with Gasteiger partial charge in [0.05, 0.1) is 14.2 Å². The van der Waals surface area contributed by atoms with Crippen molar-refractivity contribution in [2.24, 2.45) is 0 Å². The highest BCUT2D eigenvalue weighted by Crippen LogP contribution is 2.31. The number of allylic oxidation sites excluding steroid dienone is 1. The van der Waals surface area contributed by atoms with E-state index in [-0.39, 0.29) is 0 Å². The molecule has 140 valence electrons. The molecule has 0 saturated carbocycles. The lowest BCUT2D eigenvalue weighted by molar-refractivity contribution is 0.411. The molecule has 7 heteroatoms. The van der Waals surface area contributed by atoms with Gasteiger partial charge in [-0.1, -0.05) is 29.4 Å². The van der Waals surface area contributed by atoms with E-state index in [1.807, 2.05) is 53.1 Å². The zero-order chi connectivity index (χ0) is 19.2. The highest BCUT2D eigenvalue weighted by molar-refractivity contribution is 7.98. The number of ether oxygens (including phenoxy) is 2. The minimum Gasteiger partial charge on any atom is -0.497 e. The average molecular weight is 402 g/mol. The summed E-state index contributed by atoms with van der Waals surface area (Å²) in [7, 11) is 3.30. The van der Waals surface area contributed by atoms with Crippen LogP contribution >= 0.6 is 23.4 Å². The van der Waals surface area contributed by atoms with Crippen molar-refractivity contribution in [2.45, 2.75) is 17.5 Å². The van der Waals surface area contributed by atoms with Crippen LogP contribution in [0.25, 0.3) is 11.4 Å². The van der Waals surface area contributed by atoms with Gasteiger partial charge in [0, 0.05) is 28.4 Å². The molecule has 0 spiro atoms. The predicted octanol–water partition coefficient (Wildman–Crippen LogP) is 5.09. The SMILES string of the molecule is C=CCn1c(SCc2cc(Cl)ccc2OC)nnc1-c1ccc(OC)cc1. The fourth-order valence-corrected chi connectivity index (χ4v) is 3.77. The molecular formula is C20H20ClN3O2S. The molecule has 0 atom stereocenters. The molecule has 27 heavy (non-hydrogen) atoms. The van der Waals surface area contributed by atoms with Gasteiger partial charge in [-0.25, -0.2) is 0 Å². The van der Waals surface area contributed by atoms with E-state index in [4.69, 9.17) is 21.1 Å². The summed E-state index contributed by atoms with van der Waals surface area (Å²) >= 11 is 7.70. The van der Waals surface area contributed by atoms with Crippen molar-refractivity contribution in [3.05, 3.63) is 65.7 Å².